The molecule has 1 N–H and O–H groups in total. The Balaban J connectivity index is 1.19. The van der Waals surface area contributed by atoms with Crippen molar-refractivity contribution in [2.24, 2.45) is 23.2 Å². The van der Waals surface area contributed by atoms with Crippen molar-refractivity contribution in [3.05, 3.63) is 53.6 Å². The third kappa shape index (κ3) is 7.67. The zero-order valence-electron chi connectivity index (χ0n) is 26.5. The van der Waals surface area contributed by atoms with E-state index in [1.54, 1.807) is 7.11 Å². The zero-order chi connectivity index (χ0) is 31.3. The number of carbonyl (C=O) groups excluding carboxylic acids is 1. The van der Waals surface area contributed by atoms with Crippen LogP contribution in [0.2, 0.25) is 0 Å². The number of nitriles is 1. The van der Waals surface area contributed by atoms with Gasteiger partial charge in [-0.3, -0.25) is 9.59 Å². The van der Waals surface area contributed by atoms with Gasteiger partial charge in [0.05, 0.1) is 42.9 Å². The first-order chi connectivity index (χ1) is 21.2. The largest absolute Gasteiger partial charge is 0.497 e. The van der Waals surface area contributed by atoms with Crippen LogP contribution in [0, 0.1) is 34.5 Å². The Morgan fingerprint density at radius 2 is 1.75 bits per heavy atom. The number of piperidine rings is 2. The molecule has 5 rings (SSSR count). The van der Waals surface area contributed by atoms with Gasteiger partial charge in [0.25, 0.3) is 5.91 Å². The molecule has 2 aromatic carbocycles. The van der Waals surface area contributed by atoms with Gasteiger partial charge in [0.2, 0.25) is 0 Å². The number of ether oxygens (including phenoxy) is 2. The molecule has 2 aliphatic heterocycles. The Morgan fingerprint density at radius 3 is 2.36 bits per heavy atom. The highest BCUT2D eigenvalue weighted by Crippen LogP contribution is 2.45. The molecule has 1 aliphatic carbocycles. The van der Waals surface area contributed by atoms with Crippen LogP contribution < -0.4 is 14.4 Å². The van der Waals surface area contributed by atoms with Crippen molar-refractivity contribution in [3.63, 3.8) is 0 Å². The molecule has 3 fully saturated rings. The summed E-state index contributed by atoms with van der Waals surface area (Å²) < 4.78 is 11.8. The second kappa shape index (κ2) is 13.9. The van der Waals surface area contributed by atoms with Gasteiger partial charge in [0.1, 0.15) is 11.5 Å². The minimum atomic E-state index is -0.750. The number of likely N-dealkylation sites (tertiary alicyclic amines) is 1. The van der Waals surface area contributed by atoms with Gasteiger partial charge in [0, 0.05) is 32.2 Å². The van der Waals surface area contributed by atoms with Crippen molar-refractivity contribution in [2.75, 3.05) is 44.8 Å². The molecule has 1 unspecified atom stereocenters. The van der Waals surface area contributed by atoms with Crippen LogP contribution in [0.3, 0.4) is 0 Å². The molecule has 2 saturated heterocycles. The van der Waals surface area contributed by atoms with Crippen molar-refractivity contribution >= 4 is 17.6 Å². The Labute approximate surface area is 261 Å². The second-order valence-corrected chi connectivity index (χ2v) is 13.5. The van der Waals surface area contributed by atoms with E-state index < -0.39 is 5.97 Å². The first-order valence-electron chi connectivity index (χ1n) is 16.3. The Bertz CT molecular complexity index is 1350. The average molecular weight is 602 g/mol. The van der Waals surface area contributed by atoms with Gasteiger partial charge in [-0.05, 0) is 98.4 Å². The number of aliphatic carboxylic acids is 1. The second-order valence-electron chi connectivity index (χ2n) is 13.5. The lowest BCUT2D eigenvalue weighted by atomic mass is 9.74. The monoisotopic (exact) mass is 601 g/mol. The molecule has 2 heterocycles. The van der Waals surface area contributed by atoms with Crippen LogP contribution in [0.15, 0.2) is 42.5 Å². The van der Waals surface area contributed by atoms with Crippen LogP contribution in [-0.4, -0.2) is 61.8 Å². The SMILES string of the molecule is COc1ccc(C(=O)N2CCC(C#N)(CC(C)C)CC2)c(N2CCC(COc3cccc(C(CC(=O)O)C4CC4)c3)CC2)c1. The fourth-order valence-corrected chi connectivity index (χ4v) is 7.17. The minimum absolute atomic E-state index is 0.0245. The number of amides is 1. The van der Waals surface area contributed by atoms with Crippen molar-refractivity contribution in [1.29, 1.82) is 5.26 Å². The summed E-state index contributed by atoms with van der Waals surface area (Å²) in [6.45, 7) is 7.75. The quantitative estimate of drug-likeness (QED) is 0.287. The highest BCUT2D eigenvalue weighted by molar-refractivity contribution is 6.00. The number of nitrogens with zero attached hydrogens (tertiary/aromatic N) is 3. The summed E-state index contributed by atoms with van der Waals surface area (Å²) in [5, 5.41) is 19.3. The summed E-state index contributed by atoms with van der Waals surface area (Å²) in [6, 6.07) is 16.3. The standard InChI is InChI=1S/C36H47N3O5/c1-25(2)22-36(24-37)13-17-39(18-14-36)35(42)31-10-9-29(43-3)20-33(31)38-15-11-26(12-16-38)23-44-30-6-4-5-28(19-30)32(21-34(40)41)27-7-8-27/h4-6,9-10,19-20,25-27,32H,7-8,11-18,21-23H2,1-3H3,(H,40,41). The van der Waals surface area contributed by atoms with Crippen LogP contribution in [0.5, 0.6) is 11.5 Å². The number of anilines is 1. The number of rotatable bonds is 12. The number of benzene rings is 2. The fourth-order valence-electron chi connectivity index (χ4n) is 7.17. The van der Waals surface area contributed by atoms with Gasteiger partial charge in [-0.25, -0.2) is 0 Å². The van der Waals surface area contributed by atoms with Gasteiger partial charge >= 0.3 is 5.97 Å². The van der Waals surface area contributed by atoms with E-state index >= 15 is 0 Å². The molecule has 8 heteroatoms. The summed E-state index contributed by atoms with van der Waals surface area (Å²) >= 11 is 0. The maximum absolute atomic E-state index is 13.8. The topological polar surface area (TPSA) is 103 Å². The number of hydrogen-bond acceptors (Lipinski definition) is 6. The first-order valence-corrected chi connectivity index (χ1v) is 16.3. The van der Waals surface area contributed by atoms with Crippen LogP contribution in [0.1, 0.15) is 87.1 Å². The van der Waals surface area contributed by atoms with Gasteiger partial charge in [-0.15, -0.1) is 0 Å². The summed E-state index contributed by atoms with van der Waals surface area (Å²) in [5.74, 6) is 2.16. The van der Waals surface area contributed by atoms with Gasteiger partial charge in [-0.2, -0.15) is 5.26 Å². The highest BCUT2D eigenvalue weighted by Gasteiger charge is 2.38. The van der Waals surface area contributed by atoms with E-state index in [2.05, 4.69) is 24.8 Å². The third-order valence-corrected chi connectivity index (χ3v) is 9.79. The average Bonchev–Trinajstić information content (AvgIpc) is 3.88. The summed E-state index contributed by atoms with van der Waals surface area (Å²) in [7, 11) is 1.65. The van der Waals surface area contributed by atoms with Crippen molar-refractivity contribution in [3.8, 4) is 17.6 Å². The molecular formula is C36H47N3O5. The zero-order valence-corrected chi connectivity index (χ0v) is 26.5. The molecule has 2 aromatic rings. The van der Waals surface area contributed by atoms with Gasteiger partial charge in [0.15, 0.2) is 0 Å². The number of carboxylic acid groups (broad SMARTS) is 1. The molecule has 0 spiro atoms. The number of carbonyl (C=O) groups is 2. The Kier molecular flexibility index (Phi) is 10.0. The van der Waals surface area contributed by atoms with E-state index in [-0.39, 0.29) is 23.7 Å². The molecule has 1 amide bonds. The lowest BCUT2D eigenvalue weighted by Gasteiger charge is -2.39. The molecular weight excluding hydrogens is 554 g/mol. The summed E-state index contributed by atoms with van der Waals surface area (Å²) in [4.78, 5) is 29.5. The molecule has 0 radical (unpaired) electrons. The lowest BCUT2D eigenvalue weighted by molar-refractivity contribution is -0.137. The minimum Gasteiger partial charge on any atom is -0.497 e. The molecule has 3 aliphatic rings. The van der Waals surface area contributed by atoms with E-state index in [1.807, 2.05) is 47.4 Å². The van der Waals surface area contributed by atoms with Gasteiger partial charge in [-0.1, -0.05) is 26.0 Å². The van der Waals surface area contributed by atoms with Crippen molar-refractivity contribution in [1.82, 2.24) is 4.90 Å². The lowest BCUT2D eigenvalue weighted by Crippen LogP contribution is -2.44. The molecule has 1 atom stereocenters. The first kappa shape index (κ1) is 31.7. The molecule has 44 heavy (non-hydrogen) atoms. The fraction of sp³-hybridized carbons (Fsp3) is 0.583. The smallest absolute Gasteiger partial charge is 0.303 e. The Morgan fingerprint density at radius 1 is 1.02 bits per heavy atom. The van der Waals surface area contributed by atoms with Crippen LogP contribution in [0.25, 0.3) is 0 Å². The predicted molar refractivity (Wildman–Crippen MR) is 170 cm³/mol. The third-order valence-electron chi connectivity index (χ3n) is 9.79. The highest BCUT2D eigenvalue weighted by atomic mass is 16.5. The Hall–Kier alpha value is -3.73. The normalized spacial score (nSPS) is 19.3. The van der Waals surface area contributed by atoms with Crippen LogP contribution in [-0.2, 0) is 4.79 Å². The molecule has 0 aromatic heterocycles. The maximum Gasteiger partial charge on any atom is 0.303 e. The van der Waals surface area contributed by atoms with E-state index in [0.717, 1.165) is 67.9 Å². The van der Waals surface area contributed by atoms with E-state index in [1.165, 1.54) is 0 Å². The summed E-state index contributed by atoms with van der Waals surface area (Å²) in [5.41, 5.74) is 2.32. The molecule has 8 nitrogen and oxygen atoms in total. The van der Waals surface area contributed by atoms with E-state index in [9.17, 15) is 20.0 Å². The maximum atomic E-state index is 13.8. The summed E-state index contributed by atoms with van der Waals surface area (Å²) in [6.07, 6.45) is 6.55. The molecule has 0 bridgehead atoms. The molecule has 236 valence electrons. The predicted octanol–water partition coefficient (Wildman–Crippen LogP) is 6.75. The number of carboxylic acids is 1. The van der Waals surface area contributed by atoms with E-state index in [4.69, 9.17) is 9.47 Å². The number of methoxy groups -OCH3 is 1. The number of hydrogen-bond donors (Lipinski definition) is 1. The van der Waals surface area contributed by atoms with Crippen molar-refractivity contribution in [2.45, 2.75) is 71.1 Å². The van der Waals surface area contributed by atoms with Crippen LogP contribution >= 0.6 is 0 Å². The molecule has 1 saturated carbocycles. The van der Waals surface area contributed by atoms with Crippen molar-refractivity contribution < 1.29 is 24.2 Å². The van der Waals surface area contributed by atoms with Gasteiger partial charge < -0.3 is 24.4 Å². The van der Waals surface area contributed by atoms with Crippen LogP contribution in [0.4, 0.5) is 5.69 Å². The van der Waals surface area contributed by atoms with E-state index in [0.29, 0.717) is 55.9 Å².